The maximum Gasteiger partial charge on any atom is 0.252 e. The Labute approximate surface area is 114 Å². The van der Waals surface area contributed by atoms with Crippen molar-refractivity contribution in [1.82, 2.24) is 4.31 Å². The third-order valence-corrected chi connectivity index (χ3v) is 6.08. The molecule has 0 unspecified atom stereocenters. The van der Waals surface area contributed by atoms with E-state index in [1.165, 1.54) is 15.6 Å². The number of hydrogen-bond acceptors (Lipinski definition) is 4. The molecule has 17 heavy (non-hydrogen) atoms. The molecule has 0 aliphatic heterocycles. The monoisotopic (exact) mass is 336 g/mol. The third kappa shape index (κ3) is 3.78. The van der Waals surface area contributed by atoms with Crippen molar-refractivity contribution in [3.63, 3.8) is 0 Å². The number of hydrogen-bond donors (Lipinski definition) is 0. The van der Waals surface area contributed by atoms with Gasteiger partial charge in [0, 0.05) is 19.5 Å². The number of sulfonamides is 1. The van der Waals surface area contributed by atoms with Crippen molar-refractivity contribution in [1.29, 1.82) is 5.26 Å². The first-order valence-electron chi connectivity index (χ1n) is 5.14. The molecule has 0 bridgehead atoms. The lowest BCUT2D eigenvalue weighted by molar-refractivity contribution is 0.418. The van der Waals surface area contributed by atoms with E-state index in [1.807, 2.05) is 13.0 Å². The van der Waals surface area contributed by atoms with Crippen molar-refractivity contribution in [2.75, 3.05) is 13.1 Å². The minimum atomic E-state index is -3.44. The lowest BCUT2D eigenvalue weighted by atomic mass is 10.4. The molecule has 1 aromatic rings. The zero-order valence-corrected chi connectivity index (χ0v) is 12.6. The molecule has 0 aliphatic rings. The maximum atomic E-state index is 12.2. The number of nitriles is 1. The van der Waals surface area contributed by atoms with Crippen LogP contribution in [0.5, 0.6) is 0 Å². The first kappa shape index (κ1) is 14.6. The van der Waals surface area contributed by atoms with Crippen molar-refractivity contribution < 1.29 is 8.42 Å². The van der Waals surface area contributed by atoms with Gasteiger partial charge in [0.05, 0.1) is 9.86 Å². The highest BCUT2D eigenvalue weighted by Crippen LogP contribution is 2.28. The van der Waals surface area contributed by atoms with Crippen LogP contribution in [0.4, 0.5) is 0 Å². The van der Waals surface area contributed by atoms with Gasteiger partial charge >= 0.3 is 0 Å². The number of halogens is 1. The summed E-state index contributed by atoms with van der Waals surface area (Å²) < 4.78 is 27.0. The molecule has 4 nitrogen and oxygen atoms in total. The average Bonchev–Trinajstić information content (AvgIpc) is 2.71. The second-order valence-corrected chi connectivity index (χ2v) is 8.00. The molecule has 0 aromatic carbocycles. The Bertz CT molecular complexity index is 505. The van der Waals surface area contributed by atoms with Crippen molar-refractivity contribution >= 4 is 37.3 Å². The summed E-state index contributed by atoms with van der Waals surface area (Å²) in [6.07, 6.45) is 0.947. The molecule has 1 rings (SSSR count). The molecular weight excluding hydrogens is 324 g/mol. The Kier molecular flexibility index (Phi) is 5.59. The van der Waals surface area contributed by atoms with Gasteiger partial charge in [0.25, 0.3) is 10.0 Å². The first-order chi connectivity index (χ1) is 8.02. The van der Waals surface area contributed by atoms with Gasteiger partial charge in [-0.1, -0.05) is 6.92 Å². The Morgan fingerprint density at radius 2 is 2.18 bits per heavy atom. The number of thiophene rings is 1. The smallest absolute Gasteiger partial charge is 0.206 e. The molecule has 0 saturated carbocycles. The molecule has 1 aromatic heterocycles. The van der Waals surface area contributed by atoms with Crippen molar-refractivity contribution in [3.05, 3.63) is 15.9 Å². The normalized spacial score (nSPS) is 11.6. The van der Waals surface area contributed by atoms with E-state index < -0.39 is 10.0 Å². The van der Waals surface area contributed by atoms with Gasteiger partial charge in [-0.25, -0.2) is 8.42 Å². The average molecular weight is 337 g/mol. The maximum absolute atomic E-state index is 12.2. The van der Waals surface area contributed by atoms with Crippen molar-refractivity contribution in [3.8, 4) is 6.07 Å². The summed E-state index contributed by atoms with van der Waals surface area (Å²) in [5, 5.41) is 8.55. The predicted molar refractivity (Wildman–Crippen MR) is 71.3 cm³/mol. The Balaban J connectivity index is 2.96. The third-order valence-electron chi connectivity index (χ3n) is 2.09. The molecular formula is C10H13BrN2O2S2. The van der Waals surface area contributed by atoms with E-state index in [0.29, 0.717) is 10.8 Å². The summed E-state index contributed by atoms with van der Waals surface area (Å²) in [6.45, 7) is 2.61. The van der Waals surface area contributed by atoms with Gasteiger partial charge in [0.1, 0.15) is 4.21 Å². The van der Waals surface area contributed by atoms with Crippen LogP contribution in [-0.4, -0.2) is 25.8 Å². The molecule has 0 spiro atoms. The van der Waals surface area contributed by atoms with Gasteiger partial charge in [-0.15, -0.1) is 11.3 Å². The van der Waals surface area contributed by atoms with Gasteiger partial charge in [0.2, 0.25) is 0 Å². The van der Waals surface area contributed by atoms with E-state index in [0.717, 1.165) is 10.2 Å². The molecule has 0 amide bonds. The van der Waals surface area contributed by atoms with Gasteiger partial charge in [0.15, 0.2) is 0 Å². The van der Waals surface area contributed by atoms with Crippen molar-refractivity contribution in [2.24, 2.45) is 0 Å². The highest BCUT2D eigenvalue weighted by molar-refractivity contribution is 9.11. The van der Waals surface area contributed by atoms with Crippen LogP contribution in [0.2, 0.25) is 0 Å². The summed E-state index contributed by atoms with van der Waals surface area (Å²) in [5.41, 5.74) is 0. The fourth-order valence-corrected chi connectivity index (χ4v) is 5.04. The summed E-state index contributed by atoms with van der Waals surface area (Å²) in [5.74, 6) is 0. The van der Waals surface area contributed by atoms with E-state index in [1.54, 1.807) is 12.1 Å². The van der Waals surface area contributed by atoms with Crippen molar-refractivity contribution in [2.45, 2.75) is 24.0 Å². The Morgan fingerprint density at radius 3 is 2.65 bits per heavy atom. The molecule has 7 heteroatoms. The summed E-state index contributed by atoms with van der Waals surface area (Å²) in [4.78, 5) is 0. The summed E-state index contributed by atoms with van der Waals surface area (Å²) in [6, 6.07) is 5.27. The molecule has 0 fully saturated rings. The lowest BCUT2D eigenvalue weighted by Crippen LogP contribution is -2.32. The molecule has 0 radical (unpaired) electrons. The zero-order chi connectivity index (χ0) is 12.9. The van der Waals surface area contributed by atoms with Crippen LogP contribution in [0.25, 0.3) is 0 Å². The van der Waals surface area contributed by atoms with Gasteiger partial charge in [-0.3, -0.25) is 0 Å². The largest absolute Gasteiger partial charge is 0.252 e. The number of nitrogens with zero attached hydrogens (tertiary/aromatic N) is 2. The van der Waals surface area contributed by atoms with E-state index >= 15 is 0 Å². The van der Waals surface area contributed by atoms with E-state index in [9.17, 15) is 8.42 Å². The SMILES string of the molecule is CCCN(CCC#N)S(=O)(=O)c1ccc(Br)s1. The molecule has 94 valence electrons. The van der Waals surface area contributed by atoms with Crippen LogP contribution in [-0.2, 0) is 10.0 Å². The van der Waals surface area contributed by atoms with Crippen LogP contribution in [0.3, 0.4) is 0 Å². The second-order valence-electron chi connectivity index (χ2n) is 3.37. The van der Waals surface area contributed by atoms with Gasteiger partial charge in [-0.05, 0) is 34.5 Å². The highest BCUT2D eigenvalue weighted by atomic mass is 79.9. The second kappa shape index (κ2) is 6.50. The molecule has 1 heterocycles. The minimum Gasteiger partial charge on any atom is -0.206 e. The van der Waals surface area contributed by atoms with Crippen LogP contribution in [0.1, 0.15) is 19.8 Å². The molecule has 0 N–H and O–H groups in total. The first-order valence-corrected chi connectivity index (χ1v) is 8.19. The quantitative estimate of drug-likeness (QED) is 0.802. The Morgan fingerprint density at radius 1 is 1.47 bits per heavy atom. The number of rotatable bonds is 6. The molecule has 0 aliphatic carbocycles. The van der Waals surface area contributed by atoms with E-state index in [2.05, 4.69) is 15.9 Å². The summed E-state index contributed by atoms with van der Waals surface area (Å²) >= 11 is 4.44. The van der Waals surface area contributed by atoms with Crippen LogP contribution in [0, 0.1) is 11.3 Å². The minimum absolute atomic E-state index is 0.214. The van der Waals surface area contributed by atoms with E-state index in [4.69, 9.17) is 5.26 Å². The fraction of sp³-hybridized carbons (Fsp3) is 0.500. The zero-order valence-electron chi connectivity index (χ0n) is 9.39. The predicted octanol–water partition coefficient (Wildman–Crippen LogP) is 2.82. The summed E-state index contributed by atoms with van der Waals surface area (Å²) in [7, 11) is -3.44. The Hall–Kier alpha value is -0.420. The molecule has 0 atom stereocenters. The highest BCUT2D eigenvalue weighted by Gasteiger charge is 2.24. The van der Waals surface area contributed by atoms with Crippen LogP contribution < -0.4 is 0 Å². The lowest BCUT2D eigenvalue weighted by Gasteiger charge is -2.19. The van der Waals surface area contributed by atoms with Gasteiger partial charge < -0.3 is 0 Å². The molecule has 0 saturated heterocycles. The fourth-order valence-electron chi connectivity index (χ4n) is 1.34. The van der Waals surface area contributed by atoms with Crippen LogP contribution in [0.15, 0.2) is 20.1 Å². The standard InChI is InChI=1S/C10H13BrN2O2S2/c1-2-7-13(8-3-6-12)17(14,15)10-5-4-9(11)16-10/h4-5H,2-3,7-8H2,1H3. The van der Waals surface area contributed by atoms with Gasteiger partial charge in [-0.2, -0.15) is 9.57 Å². The van der Waals surface area contributed by atoms with Crippen LogP contribution >= 0.6 is 27.3 Å². The topological polar surface area (TPSA) is 61.2 Å². The van der Waals surface area contributed by atoms with E-state index in [-0.39, 0.29) is 13.0 Å².